The van der Waals surface area contributed by atoms with Crippen molar-refractivity contribution in [2.75, 3.05) is 11.9 Å². The summed E-state index contributed by atoms with van der Waals surface area (Å²) in [6.07, 6.45) is 1.61. The van der Waals surface area contributed by atoms with Crippen LogP contribution in [0.15, 0.2) is 30.6 Å². The van der Waals surface area contributed by atoms with Gasteiger partial charge in [0.25, 0.3) is 0 Å². The number of nitrogens with two attached hydrogens (primary N) is 1. The van der Waals surface area contributed by atoms with Crippen LogP contribution in [0.2, 0.25) is 5.02 Å². The smallest absolute Gasteiger partial charge is 0.333 e. The standard InChI is InChI=1S/C17H19ClN6O4S/c18-11-3-1-2-9(4-11)15-23-14-16(20-8-21-17(14)24-15)22-12-5-10(13(25)6-12)7-28-29(19,26)27/h1-4,8,10,12-13,25H,5-7H2,(H2,19,26,27)(H2,20,21,22,23,24)/t10-,12+,13-/m0/s1. The van der Waals surface area contributed by atoms with E-state index in [0.717, 1.165) is 5.56 Å². The number of halogens is 1. The summed E-state index contributed by atoms with van der Waals surface area (Å²) in [4.78, 5) is 16.2. The third kappa shape index (κ3) is 4.65. The van der Waals surface area contributed by atoms with E-state index in [4.69, 9.17) is 16.7 Å². The first-order valence-electron chi connectivity index (χ1n) is 8.87. The number of aliphatic hydroxyl groups is 1. The molecule has 0 spiro atoms. The number of imidazole rings is 1. The van der Waals surface area contributed by atoms with Gasteiger partial charge in [0, 0.05) is 22.5 Å². The van der Waals surface area contributed by atoms with E-state index in [9.17, 15) is 13.5 Å². The summed E-state index contributed by atoms with van der Waals surface area (Å²) < 4.78 is 26.6. The number of nitrogens with zero attached hydrogens (tertiary/aromatic N) is 3. The molecule has 2 aromatic heterocycles. The number of nitrogens with one attached hydrogen (secondary N) is 2. The van der Waals surface area contributed by atoms with Crippen molar-refractivity contribution in [2.24, 2.45) is 11.1 Å². The lowest BCUT2D eigenvalue weighted by Gasteiger charge is -2.13. The number of aromatic amines is 1. The van der Waals surface area contributed by atoms with Crippen molar-refractivity contribution in [3.8, 4) is 11.4 Å². The molecule has 0 saturated heterocycles. The van der Waals surface area contributed by atoms with Crippen LogP contribution in [0.5, 0.6) is 0 Å². The van der Waals surface area contributed by atoms with E-state index in [1.54, 1.807) is 12.1 Å². The molecule has 1 aliphatic rings. The van der Waals surface area contributed by atoms with Crippen molar-refractivity contribution in [3.63, 3.8) is 0 Å². The number of rotatable bonds is 6. The Hall–Kier alpha value is -2.31. The largest absolute Gasteiger partial charge is 0.393 e. The summed E-state index contributed by atoms with van der Waals surface area (Å²) in [7, 11) is -4.04. The maximum atomic E-state index is 11.0. The zero-order valence-electron chi connectivity index (χ0n) is 15.1. The fourth-order valence-corrected chi connectivity index (χ4v) is 4.04. The molecule has 0 amide bonds. The van der Waals surface area contributed by atoms with Gasteiger partial charge in [-0.25, -0.2) is 20.1 Å². The molecule has 4 rings (SSSR count). The van der Waals surface area contributed by atoms with Crippen molar-refractivity contribution < 1.29 is 17.7 Å². The highest BCUT2D eigenvalue weighted by Crippen LogP contribution is 2.31. The Morgan fingerprint density at radius 1 is 1.34 bits per heavy atom. The number of H-pyrrole nitrogens is 1. The van der Waals surface area contributed by atoms with Crippen LogP contribution >= 0.6 is 11.6 Å². The van der Waals surface area contributed by atoms with Gasteiger partial charge in [-0.3, -0.25) is 4.18 Å². The van der Waals surface area contributed by atoms with Crippen LogP contribution in [0.3, 0.4) is 0 Å². The average molecular weight is 439 g/mol. The quantitative estimate of drug-likeness (QED) is 0.450. The molecule has 5 N–H and O–H groups in total. The average Bonchev–Trinajstić information content (AvgIpc) is 3.23. The first kappa shape index (κ1) is 20.0. The molecule has 0 bridgehead atoms. The van der Waals surface area contributed by atoms with E-state index in [-0.39, 0.29) is 18.6 Å². The van der Waals surface area contributed by atoms with E-state index < -0.39 is 16.4 Å². The first-order chi connectivity index (χ1) is 13.8. The fraction of sp³-hybridized carbons (Fsp3) is 0.353. The Bertz CT molecular complexity index is 1140. The Kier molecular flexibility index (Phi) is 5.40. The van der Waals surface area contributed by atoms with Crippen molar-refractivity contribution in [2.45, 2.75) is 25.0 Å². The van der Waals surface area contributed by atoms with Gasteiger partial charge < -0.3 is 15.4 Å². The maximum Gasteiger partial charge on any atom is 0.333 e. The number of aliphatic hydroxyl groups excluding tert-OH is 1. The van der Waals surface area contributed by atoms with Gasteiger partial charge >= 0.3 is 10.3 Å². The van der Waals surface area contributed by atoms with Gasteiger partial charge in [0.05, 0.1) is 12.7 Å². The molecule has 10 nitrogen and oxygen atoms in total. The van der Waals surface area contributed by atoms with Crippen LogP contribution in [0.4, 0.5) is 5.82 Å². The molecule has 154 valence electrons. The van der Waals surface area contributed by atoms with Gasteiger partial charge in [0.2, 0.25) is 0 Å². The van der Waals surface area contributed by atoms with Crippen molar-refractivity contribution >= 4 is 38.9 Å². The van der Waals surface area contributed by atoms with Crippen LogP contribution in [0.1, 0.15) is 12.8 Å². The molecule has 29 heavy (non-hydrogen) atoms. The van der Waals surface area contributed by atoms with E-state index in [1.807, 2.05) is 12.1 Å². The van der Waals surface area contributed by atoms with E-state index >= 15 is 0 Å². The SMILES string of the molecule is NS(=O)(=O)OC[C@@H]1C[C@@H](Nc2ncnc3[nH]c(-c4cccc(Cl)c4)nc23)C[C@@H]1O. The minimum Gasteiger partial charge on any atom is -0.393 e. The summed E-state index contributed by atoms with van der Waals surface area (Å²) in [5.74, 6) is 0.769. The lowest BCUT2D eigenvalue weighted by molar-refractivity contribution is 0.101. The third-order valence-electron chi connectivity index (χ3n) is 4.83. The highest BCUT2D eigenvalue weighted by Gasteiger charge is 2.34. The molecule has 3 aromatic rings. The second kappa shape index (κ2) is 7.84. The number of hydrogen-bond acceptors (Lipinski definition) is 8. The minimum absolute atomic E-state index is 0.136. The Balaban J connectivity index is 1.53. The van der Waals surface area contributed by atoms with E-state index in [2.05, 4.69) is 29.4 Å². The van der Waals surface area contributed by atoms with Crippen LogP contribution < -0.4 is 10.5 Å². The molecule has 0 radical (unpaired) electrons. The zero-order valence-corrected chi connectivity index (χ0v) is 16.7. The molecule has 1 saturated carbocycles. The highest BCUT2D eigenvalue weighted by atomic mass is 35.5. The Morgan fingerprint density at radius 2 is 2.17 bits per heavy atom. The molecular formula is C17H19ClN6O4S. The van der Waals surface area contributed by atoms with Crippen molar-refractivity contribution in [3.05, 3.63) is 35.6 Å². The summed E-state index contributed by atoms with van der Waals surface area (Å²) in [6.45, 7) is -0.168. The topological polar surface area (TPSA) is 156 Å². The van der Waals surface area contributed by atoms with Crippen LogP contribution in [0.25, 0.3) is 22.6 Å². The minimum atomic E-state index is -4.04. The normalized spacial score (nSPS) is 22.2. The molecule has 0 unspecified atom stereocenters. The molecule has 1 aliphatic carbocycles. The Morgan fingerprint density at radius 3 is 2.93 bits per heavy atom. The van der Waals surface area contributed by atoms with Gasteiger partial charge in [-0.1, -0.05) is 23.7 Å². The van der Waals surface area contributed by atoms with Gasteiger partial charge in [0.15, 0.2) is 17.0 Å². The zero-order chi connectivity index (χ0) is 20.6. The lowest BCUT2D eigenvalue weighted by Crippen LogP contribution is -2.24. The maximum absolute atomic E-state index is 11.0. The monoisotopic (exact) mass is 438 g/mol. The highest BCUT2D eigenvalue weighted by molar-refractivity contribution is 7.84. The molecule has 0 aliphatic heterocycles. The fourth-order valence-electron chi connectivity index (χ4n) is 3.48. The molecule has 1 aromatic carbocycles. The van der Waals surface area contributed by atoms with Gasteiger partial charge in [0.1, 0.15) is 12.2 Å². The molecule has 12 heteroatoms. The molecule has 1 fully saturated rings. The van der Waals surface area contributed by atoms with Gasteiger partial charge in [-0.2, -0.15) is 8.42 Å². The first-order valence-corrected chi connectivity index (χ1v) is 10.7. The Labute approximate surface area is 171 Å². The molecular weight excluding hydrogens is 420 g/mol. The number of anilines is 1. The van der Waals surface area contributed by atoms with Crippen LogP contribution in [-0.4, -0.2) is 52.2 Å². The van der Waals surface area contributed by atoms with Crippen molar-refractivity contribution in [1.82, 2.24) is 19.9 Å². The van der Waals surface area contributed by atoms with Crippen LogP contribution in [-0.2, 0) is 14.5 Å². The van der Waals surface area contributed by atoms with Crippen molar-refractivity contribution in [1.29, 1.82) is 0 Å². The number of benzene rings is 1. The predicted molar refractivity (Wildman–Crippen MR) is 107 cm³/mol. The van der Waals surface area contributed by atoms with Gasteiger partial charge in [-0.15, -0.1) is 0 Å². The van der Waals surface area contributed by atoms with Crippen LogP contribution in [0, 0.1) is 5.92 Å². The summed E-state index contributed by atoms with van der Waals surface area (Å²) in [5.41, 5.74) is 1.93. The second-order valence-corrected chi connectivity index (χ2v) is 8.59. The summed E-state index contributed by atoms with van der Waals surface area (Å²) in [6, 6.07) is 7.15. The van der Waals surface area contributed by atoms with Gasteiger partial charge in [-0.05, 0) is 25.0 Å². The third-order valence-corrected chi connectivity index (χ3v) is 5.53. The van der Waals surface area contributed by atoms with E-state index in [1.165, 1.54) is 6.33 Å². The molecule has 3 atom stereocenters. The number of aromatic nitrogens is 4. The van der Waals surface area contributed by atoms with E-state index in [0.29, 0.717) is 40.7 Å². The lowest BCUT2D eigenvalue weighted by atomic mass is 10.1. The summed E-state index contributed by atoms with van der Waals surface area (Å²) in [5, 5.41) is 18.9. The second-order valence-electron chi connectivity index (χ2n) is 6.93. The number of fused-ring (bicyclic) bond motifs is 1. The predicted octanol–water partition coefficient (Wildman–Crippen LogP) is 1.44. The summed E-state index contributed by atoms with van der Waals surface area (Å²) >= 11 is 6.06. The molecule has 2 heterocycles. The number of hydrogen-bond donors (Lipinski definition) is 4.